The van der Waals surface area contributed by atoms with E-state index in [1.165, 1.54) is 22.4 Å². The quantitative estimate of drug-likeness (QED) is 0.884. The van der Waals surface area contributed by atoms with Gasteiger partial charge >= 0.3 is 0 Å². The van der Waals surface area contributed by atoms with Gasteiger partial charge in [0.15, 0.2) is 0 Å². The molecule has 1 aromatic heterocycles. The van der Waals surface area contributed by atoms with Crippen molar-refractivity contribution in [1.82, 2.24) is 15.1 Å². The first-order chi connectivity index (χ1) is 10.0. The molecule has 3 heteroatoms. The molecular formula is C18H27N3. The van der Waals surface area contributed by atoms with Crippen LogP contribution in [0.3, 0.4) is 0 Å². The normalized spacial score (nSPS) is 12.6. The van der Waals surface area contributed by atoms with Gasteiger partial charge in [0.2, 0.25) is 0 Å². The van der Waals surface area contributed by atoms with Gasteiger partial charge in [-0.05, 0) is 56.8 Å². The number of hydrogen-bond acceptors (Lipinski definition) is 2. The second kappa shape index (κ2) is 6.90. The molecule has 0 fully saturated rings. The topological polar surface area (TPSA) is 29.9 Å². The number of likely N-dealkylation sites (N-methyl/N-ethyl adjacent to an activating group) is 1. The summed E-state index contributed by atoms with van der Waals surface area (Å²) in [4.78, 5) is 0. The molecule has 21 heavy (non-hydrogen) atoms. The van der Waals surface area contributed by atoms with E-state index in [2.05, 4.69) is 62.4 Å². The number of aryl methyl sites for hydroxylation is 3. The lowest BCUT2D eigenvalue weighted by Gasteiger charge is -2.19. The van der Waals surface area contributed by atoms with E-state index < -0.39 is 0 Å². The molecule has 1 aromatic carbocycles. The molecule has 114 valence electrons. The van der Waals surface area contributed by atoms with Gasteiger partial charge in [0.05, 0.1) is 5.69 Å². The molecule has 0 aliphatic carbocycles. The fraction of sp³-hybridized carbons (Fsp3) is 0.500. The largest absolute Gasteiger partial charge is 0.314 e. The minimum atomic E-state index is 0.456. The molecule has 0 saturated carbocycles. The van der Waals surface area contributed by atoms with E-state index in [1.54, 1.807) is 0 Å². The van der Waals surface area contributed by atoms with Crippen LogP contribution in [-0.4, -0.2) is 22.4 Å². The number of aromatic nitrogens is 2. The van der Waals surface area contributed by atoms with E-state index >= 15 is 0 Å². The average molecular weight is 285 g/mol. The van der Waals surface area contributed by atoms with Crippen molar-refractivity contribution in [2.24, 2.45) is 7.05 Å². The van der Waals surface area contributed by atoms with Gasteiger partial charge in [-0.25, -0.2) is 0 Å². The third-order valence-corrected chi connectivity index (χ3v) is 4.33. The standard InChI is InChI=1S/C18H27N3/c1-6-19-17(11-16-10-8-7-9-13(16)2)12-18-14(3)20-21(5)15(18)4/h7-10,17,19H,6,11-12H2,1-5H3. The number of rotatable bonds is 6. The van der Waals surface area contributed by atoms with Crippen LogP contribution in [0.1, 0.15) is 35.0 Å². The maximum Gasteiger partial charge on any atom is 0.0628 e. The number of nitrogens with one attached hydrogen (secondary N) is 1. The Hall–Kier alpha value is -1.61. The Morgan fingerprint density at radius 1 is 1.14 bits per heavy atom. The average Bonchev–Trinajstić information content (AvgIpc) is 2.68. The highest BCUT2D eigenvalue weighted by Gasteiger charge is 2.16. The van der Waals surface area contributed by atoms with Gasteiger partial charge in [-0.15, -0.1) is 0 Å². The zero-order valence-corrected chi connectivity index (χ0v) is 13.9. The summed E-state index contributed by atoms with van der Waals surface area (Å²) in [6.45, 7) is 9.63. The van der Waals surface area contributed by atoms with Crippen molar-refractivity contribution in [3.8, 4) is 0 Å². The number of benzene rings is 1. The monoisotopic (exact) mass is 285 g/mol. The van der Waals surface area contributed by atoms with E-state index in [9.17, 15) is 0 Å². The molecule has 2 aromatic rings. The molecule has 0 aliphatic heterocycles. The Bertz CT molecular complexity index is 599. The first-order valence-corrected chi connectivity index (χ1v) is 7.79. The molecule has 1 unspecified atom stereocenters. The minimum Gasteiger partial charge on any atom is -0.314 e. The van der Waals surface area contributed by atoms with Crippen molar-refractivity contribution >= 4 is 0 Å². The Morgan fingerprint density at radius 3 is 2.43 bits per heavy atom. The van der Waals surface area contributed by atoms with Crippen molar-refractivity contribution in [3.05, 3.63) is 52.3 Å². The van der Waals surface area contributed by atoms with Crippen LogP contribution in [0, 0.1) is 20.8 Å². The summed E-state index contributed by atoms with van der Waals surface area (Å²) in [7, 11) is 2.02. The maximum atomic E-state index is 4.54. The summed E-state index contributed by atoms with van der Waals surface area (Å²) < 4.78 is 1.99. The summed E-state index contributed by atoms with van der Waals surface area (Å²) in [6, 6.07) is 9.13. The van der Waals surface area contributed by atoms with Crippen LogP contribution in [0.5, 0.6) is 0 Å². The molecule has 0 saturated heterocycles. The lowest BCUT2D eigenvalue weighted by atomic mass is 9.95. The van der Waals surface area contributed by atoms with Gasteiger partial charge < -0.3 is 5.32 Å². The van der Waals surface area contributed by atoms with Gasteiger partial charge in [0.1, 0.15) is 0 Å². The van der Waals surface area contributed by atoms with E-state index in [1.807, 2.05) is 11.7 Å². The van der Waals surface area contributed by atoms with E-state index in [0.717, 1.165) is 25.1 Å². The third-order valence-electron chi connectivity index (χ3n) is 4.33. The molecule has 0 bridgehead atoms. The molecule has 1 heterocycles. The fourth-order valence-electron chi connectivity index (χ4n) is 2.97. The van der Waals surface area contributed by atoms with E-state index in [4.69, 9.17) is 0 Å². The zero-order valence-electron chi connectivity index (χ0n) is 13.9. The van der Waals surface area contributed by atoms with Crippen molar-refractivity contribution in [2.45, 2.75) is 46.6 Å². The van der Waals surface area contributed by atoms with Crippen molar-refractivity contribution in [3.63, 3.8) is 0 Å². The number of nitrogens with zero attached hydrogens (tertiary/aromatic N) is 2. The Morgan fingerprint density at radius 2 is 1.86 bits per heavy atom. The lowest BCUT2D eigenvalue weighted by Crippen LogP contribution is -2.33. The highest BCUT2D eigenvalue weighted by atomic mass is 15.3. The van der Waals surface area contributed by atoms with Gasteiger partial charge in [0.25, 0.3) is 0 Å². The third kappa shape index (κ3) is 3.73. The minimum absolute atomic E-state index is 0.456. The van der Waals surface area contributed by atoms with Crippen molar-refractivity contribution < 1.29 is 0 Å². The van der Waals surface area contributed by atoms with Crippen LogP contribution in [-0.2, 0) is 19.9 Å². The first-order valence-electron chi connectivity index (χ1n) is 7.79. The SMILES string of the molecule is CCNC(Cc1ccccc1C)Cc1c(C)nn(C)c1C. The summed E-state index contributed by atoms with van der Waals surface area (Å²) in [6.07, 6.45) is 2.10. The molecule has 0 aliphatic rings. The first kappa shape index (κ1) is 15.8. The van der Waals surface area contributed by atoms with Crippen LogP contribution < -0.4 is 5.32 Å². The molecule has 1 atom stereocenters. The summed E-state index contributed by atoms with van der Waals surface area (Å²) in [5, 5.41) is 8.17. The molecule has 0 amide bonds. The molecule has 0 radical (unpaired) electrons. The van der Waals surface area contributed by atoms with E-state index in [0.29, 0.717) is 6.04 Å². The van der Waals surface area contributed by atoms with Crippen LogP contribution in [0.15, 0.2) is 24.3 Å². The fourth-order valence-corrected chi connectivity index (χ4v) is 2.97. The molecule has 3 nitrogen and oxygen atoms in total. The Labute approximate surface area is 128 Å². The summed E-state index contributed by atoms with van der Waals surface area (Å²) in [5.41, 5.74) is 6.63. The predicted molar refractivity (Wildman–Crippen MR) is 88.7 cm³/mol. The summed E-state index contributed by atoms with van der Waals surface area (Å²) in [5.74, 6) is 0. The van der Waals surface area contributed by atoms with Gasteiger partial charge in [-0.2, -0.15) is 5.10 Å². The lowest BCUT2D eigenvalue weighted by molar-refractivity contribution is 0.518. The summed E-state index contributed by atoms with van der Waals surface area (Å²) >= 11 is 0. The number of hydrogen-bond donors (Lipinski definition) is 1. The Kier molecular flexibility index (Phi) is 5.18. The van der Waals surface area contributed by atoms with Crippen molar-refractivity contribution in [2.75, 3.05) is 6.54 Å². The van der Waals surface area contributed by atoms with Crippen LogP contribution in [0.25, 0.3) is 0 Å². The van der Waals surface area contributed by atoms with Crippen LogP contribution in [0.4, 0.5) is 0 Å². The highest BCUT2D eigenvalue weighted by Crippen LogP contribution is 2.17. The van der Waals surface area contributed by atoms with E-state index in [-0.39, 0.29) is 0 Å². The second-order valence-electron chi connectivity index (χ2n) is 5.86. The smallest absolute Gasteiger partial charge is 0.0628 e. The van der Waals surface area contributed by atoms with Gasteiger partial charge in [-0.1, -0.05) is 31.2 Å². The van der Waals surface area contributed by atoms with Crippen LogP contribution >= 0.6 is 0 Å². The highest BCUT2D eigenvalue weighted by molar-refractivity contribution is 5.29. The Balaban J connectivity index is 2.18. The maximum absolute atomic E-state index is 4.54. The second-order valence-corrected chi connectivity index (χ2v) is 5.86. The van der Waals surface area contributed by atoms with Gasteiger partial charge in [-0.3, -0.25) is 4.68 Å². The molecular weight excluding hydrogens is 258 g/mol. The van der Waals surface area contributed by atoms with Gasteiger partial charge in [0, 0.05) is 18.8 Å². The zero-order chi connectivity index (χ0) is 15.4. The molecule has 0 spiro atoms. The molecule has 2 rings (SSSR count). The predicted octanol–water partition coefficient (Wildman–Crippen LogP) is 3.11. The molecule has 1 N–H and O–H groups in total. The van der Waals surface area contributed by atoms with Crippen LogP contribution in [0.2, 0.25) is 0 Å². The van der Waals surface area contributed by atoms with Crippen molar-refractivity contribution in [1.29, 1.82) is 0 Å².